The van der Waals surface area contributed by atoms with Gasteiger partial charge in [-0.1, -0.05) is 12.1 Å². The molecule has 0 saturated carbocycles. The van der Waals surface area contributed by atoms with E-state index in [1.54, 1.807) is 12.1 Å². The highest BCUT2D eigenvalue weighted by Crippen LogP contribution is 2.24. The molecule has 2 heterocycles. The van der Waals surface area contributed by atoms with Crippen LogP contribution in [0, 0.1) is 12.7 Å². The largest absolute Gasteiger partial charge is 0.370 e. The fourth-order valence-corrected chi connectivity index (χ4v) is 3.73. The molecule has 2 aromatic carbocycles. The highest BCUT2D eigenvalue weighted by Gasteiger charge is 2.15. The molecule has 1 aliphatic rings. The lowest BCUT2D eigenvalue weighted by atomic mass is 10.1. The number of hydrogen-bond acceptors (Lipinski definition) is 3. The second kappa shape index (κ2) is 7.64. The van der Waals surface area contributed by atoms with E-state index in [-0.39, 0.29) is 11.7 Å². The van der Waals surface area contributed by atoms with Gasteiger partial charge in [-0.05, 0) is 62.8 Å². The van der Waals surface area contributed by atoms with Gasteiger partial charge in [0.25, 0.3) is 5.91 Å². The summed E-state index contributed by atoms with van der Waals surface area (Å²) < 4.78 is 14.0. The number of anilines is 2. The van der Waals surface area contributed by atoms with E-state index in [0.29, 0.717) is 16.6 Å². The average Bonchev–Trinajstić information content (AvgIpc) is 3.04. The fourth-order valence-electron chi connectivity index (χ4n) is 3.73. The van der Waals surface area contributed by atoms with Crippen LogP contribution in [0.5, 0.6) is 0 Å². The van der Waals surface area contributed by atoms with Crippen molar-refractivity contribution in [3.8, 4) is 0 Å². The number of carbonyl (C=O) groups excluding carboxylic acids is 1. The number of H-pyrrole nitrogens is 1. The first-order valence-corrected chi connectivity index (χ1v) is 9.64. The zero-order valence-electron chi connectivity index (χ0n) is 16.3. The van der Waals surface area contributed by atoms with Gasteiger partial charge in [0, 0.05) is 36.4 Å². The minimum atomic E-state index is -0.330. The SMILES string of the molecule is Cc1ccc(F)c2cc(C(=O)Nc3cccc(N4CCCN(C)CC4)c3)[nH]c12. The average molecular weight is 380 g/mol. The highest BCUT2D eigenvalue weighted by atomic mass is 19.1. The van der Waals surface area contributed by atoms with Crippen LogP contribution in [0.3, 0.4) is 0 Å². The third-order valence-electron chi connectivity index (χ3n) is 5.38. The van der Waals surface area contributed by atoms with Crippen molar-refractivity contribution in [1.82, 2.24) is 9.88 Å². The summed E-state index contributed by atoms with van der Waals surface area (Å²) in [7, 11) is 2.14. The van der Waals surface area contributed by atoms with E-state index in [9.17, 15) is 9.18 Å². The Kier molecular flexibility index (Phi) is 5.05. The summed E-state index contributed by atoms with van der Waals surface area (Å²) in [5.41, 5.74) is 3.75. The van der Waals surface area contributed by atoms with Crippen molar-refractivity contribution >= 4 is 28.2 Å². The molecule has 1 saturated heterocycles. The quantitative estimate of drug-likeness (QED) is 0.722. The lowest BCUT2D eigenvalue weighted by molar-refractivity contribution is 0.102. The molecule has 5 nitrogen and oxygen atoms in total. The molecule has 4 rings (SSSR count). The smallest absolute Gasteiger partial charge is 0.272 e. The Morgan fingerprint density at radius 2 is 1.96 bits per heavy atom. The molecule has 1 amide bonds. The van der Waals surface area contributed by atoms with Crippen molar-refractivity contribution in [2.24, 2.45) is 0 Å². The summed E-state index contributed by atoms with van der Waals surface area (Å²) >= 11 is 0. The number of aromatic amines is 1. The molecule has 3 aromatic rings. The maximum Gasteiger partial charge on any atom is 0.272 e. The van der Waals surface area contributed by atoms with Crippen LogP contribution in [-0.2, 0) is 0 Å². The number of likely N-dealkylation sites (N-methyl/N-ethyl adjacent to an activating group) is 1. The maximum absolute atomic E-state index is 14.0. The van der Waals surface area contributed by atoms with E-state index in [1.807, 2.05) is 25.1 Å². The molecule has 0 radical (unpaired) electrons. The van der Waals surface area contributed by atoms with Crippen molar-refractivity contribution in [3.05, 3.63) is 59.5 Å². The number of benzene rings is 2. The summed E-state index contributed by atoms with van der Waals surface area (Å²) in [4.78, 5) is 20.4. The summed E-state index contributed by atoms with van der Waals surface area (Å²) in [6.07, 6.45) is 1.12. The fraction of sp³-hybridized carbons (Fsp3) is 0.318. The number of carbonyl (C=O) groups is 1. The van der Waals surface area contributed by atoms with E-state index in [4.69, 9.17) is 0 Å². The highest BCUT2D eigenvalue weighted by molar-refractivity contribution is 6.06. The molecule has 0 bridgehead atoms. The molecule has 1 fully saturated rings. The summed E-state index contributed by atoms with van der Waals surface area (Å²) in [5, 5.41) is 3.37. The number of fused-ring (bicyclic) bond motifs is 1. The summed E-state index contributed by atoms with van der Waals surface area (Å²) in [5.74, 6) is -0.605. The van der Waals surface area contributed by atoms with Gasteiger partial charge >= 0.3 is 0 Å². The maximum atomic E-state index is 14.0. The van der Waals surface area contributed by atoms with Crippen molar-refractivity contribution in [3.63, 3.8) is 0 Å². The van der Waals surface area contributed by atoms with Crippen molar-refractivity contribution in [1.29, 1.82) is 0 Å². The van der Waals surface area contributed by atoms with Gasteiger partial charge < -0.3 is 20.1 Å². The second-order valence-electron chi connectivity index (χ2n) is 7.48. The number of aryl methyl sites for hydroxylation is 1. The third-order valence-corrected chi connectivity index (χ3v) is 5.38. The van der Waals surface area contributed by atoms with E-state index in [0.717, 1.165) is 49.5 Å². The van der Waals surface area contributed by atoms with E-state index in [2.05, 4.69) is 33.2 Å². The molecule has 28 heavy (non-hydrogen) atoms. The molecule has 1 aliphatic heterocycles. The summed E-state index contributed by atoms with van der Waals surface area (Å²) in [6, 6.07) is 12.6. The normalized spacial score (nSPS) is 15.6. The Morgan fingerprint density at radius 3 is 2.79 bits per heavy atom. The zero-order valence-corrected chi connectivity index (χ0v) is 16.3. The van der Waals surface area contributed by atoms with Crippen LogP contribution < -0.4 is 10.2 Å². The van der Waals surface area contributed by atoms with E-state index < -0.39 is 0 Å². The van der Waals surface area contributed by atoms with Gasteiger partial charge in [-0.2, -0.15) is 0 Å². The topological polar surface area (TPSA) is 51.4 Å². The van der Waals surface area contributed by atoms with Crippen LogP contribution in [0.15, 0.2) is 42.5 Å². The van der Waals surface area contributed by atoms with Gasteiger partial charge in [-0.3, -0.25) is 4.79 Å². The minimum Gasteiger partial charge on any atom is -0.370 e. The van der Waals surface area contributed by atoms with Gasteiger partial charge in [0.2, 0.25) is 0 Å². The van der Waals surface area contributed by atoms with Crippen molar-refractivity contribution < 1.29 is 9.18 Å². The lowest BCUT2D eigenvalue weighted by Crippen LogP contribution is -2.28. The Hall–Kier alpha value is -2.86. The monoisotopic (exact) mass is 380 g/mol. The molecule has 0 aliphatic carbocycles. The molecule has 2 N–H and O–H groups in total. The lowest BCUT2D eigenvalue weighted by Gasteiger charge is -2.23. The Bertz CT molecular complexity index is 974. The van der Waals surface area contributed by atoms with Gasteiger partial charge in [-0.25, -0.2) is 4.39 Å². The van der Waals surface area contributed by atoms with Crippen LogP contribution in [0.2, 0.25) is 0 Å². The molecular weight excluding hydrogens is 355 g/mol. The predicted molar refractivity (Wildman–Crippen MR) is 112 cm³/mol. The molecule has 0 spiro atoms. The van der Waals surface area contributed by atoms with Gasteiger partial charge in [0.1, 0.15) is 11.5 Å². The first-order valence-electron chi connectivity index (χ1n) is 9.64. The van der Waals surface area contributed by atoms with Crippen molar-refractivity contribution in [2.45, 2.75) is 13.3 Å². The number of nitrogens with one attached hydrogen (secondary N) is 2. The summed E-state index contributed by atoms with van der Waals surface area (Å²) in [6.45, 7) is 5.98. The molecule has 6 heteroatoms. The number of aromatic nitrogens is 1. The Labute approximate surface area is 164 Å². The Balaban J connectivity index is 1.54. The number of halogens is 1. The third kappa shape index (κ3) is 3.73. The van der Waals surface area contributed by atoms with Crippen LogP contribution in [0.1, 0.15) is 22.5 Å². The standard InChI is InChI=1S/C22H25FN4O/c1-15-7-8-19(23)18-14-20(25-21(15)18)22(28)24-16-5-3-6-17(13-16)27-10-4-9-26(2)11-12-27/h3,5-8,13-14,25H,4,9-12H2,1-2H3,(H,24,28). The van der Waals surface area contributed by atoms with Crippen molar-refractivity contribution in [2.75, 3.05) is 43.4 Å². The van der Waals surface area contributed by atoms with Crippen LogP contribution in [0.4, 0.5) is 15.8 Å². The predicted octanol–water partition coefficient (Wildman–Crippen LogP) is 4.01. The zero-order chi connectivity index (χ0) is 19.7. The van der Waals surface area contributed by atoms with Crippen LogP contribution in [-0.4, -0.2) is 49.0 Å². The second-order valence-corrected chi connectivity index (χ2v) is 7.48. The minimum absolute atomic E-state index is 0.275. The number of amides is 1. The molecular formula is C22H25FN4O. The number of hydrogen-bond donors (Lipinski definition) is 2. The molecule has 1 aromatic heterocycles. The van der Waals surface area contributed by atoms with Gasteiger partial charge in [-0.15, -0.1) is 0 Å². The van der Waals surface area contributed by atoms with E-state index >= 15 is 0 Å². The molecule has 0 unspecified atom stereocenters. The molecule has 0 atom stereocenters. The number of rotatable bonds is 3. The van der Waals surface area contributed by atoms with Gasteiger partial charge in [0.15, 0.2) is 0 Å². The molecule has 146 valence electrons. The van der Waals surface area contributed by atoms with Crippen LogP contribution in [0.25, 0.3) is 10.9 Å². The van der Waals surface area contributed by atoms with Gasteiger partial charge in [0.05, 0.1) is 5.52 Å². The first kappa shape index (κ1) is 18.5. The Morgan fingerprint density at radius 1 is 1.11 bits per heavy atom. The first-order chi connectivity index (χ1) is 13.5. The number of nitrogens with zero attached hydrogens (tertiary/aromatic N) is 2. The van der Waals surface area contributed by atoms with E-state index in [1.165, 1.54) is 6.07 Å². The van der Waals surface area contributed by atoms with Crippen LogP contribution >= 0.6 is 0 Å².